The zero-order valence-corrected chi connectivity index (χ0v) is 17.9. The second-order valence-corrected chi connectivity index (χ2v) is 6.04. The van der Waals surface area contributed by atoms with E-state index in [-0.39, 0.29) is 13.2 Å². The average Bonchev–Trinajstić information content (AvgIpc) is 2.72. The van der Waals surface area contributed by atoms with Gasteiger partial charge in [-0.25, -0.2) is 0 Å². The van der Waals surface area contributed by atoms with Crippen molar-refractivity contribution in [2.75, 3.05) is 126 Å². The van der Waals surface area contributed by atoms with Gasteiger partial charge in [-0.15, -0.1) is 0 Å². The van der Waals surface area contributed by atoms with Gasteiger partial charge in [0.25, 0.3) is 0 Å². The molecule has 0 rings (SSSR count). The molecule has 0 radical (unpaired) electrons. The van der Waals surface area contributed by atoms with Crippen molar-refractivity contribution in [1.29, 1.82) is 0 Å². The Morgan fingerprint density at radius 1 is 0.414 bits per heavy atom. The first-order valence-corrected chi connectivity index (χ1v) is 10.3. The van der Waals surface area contributed by atoms with Crippen LogP contribution in [-0.2, 0) is 33.2 Å². The van der Waals surface area contributed by atoms with Crippen LogP contribution in [0.15, 0.2) is 0 Å². The lowest BCUT2D eigenvalue weighted by Gasteiger charge is -2.16. The first-order valence-electron chi connectivity index (χ1n) is 10.3. The molecule has 2 N–H and O–H groups in total. The van der Waals surface area contributed by atoms with E-state index in [0.717, 1.165) is 13.1 Å². The van der Waals surface area contributed by atoms with E-state index in [0.29, 0.717) is 92.5 Å². The van der Waals surface area contributed by atoms with Crippen molar-refractivity contribution >= 4 is 0 Å². The molecule has 0 aromatic rings. The first-order chi connectivity index (χ1) is 14.3. The van der Waals surface area contributed by atoms with Crippen molar-refractivity contribution in [2.24, 2.45) is 0 Å². The smallest absolute Gasteiger partial charge is 0.0701 e. The van der Waals surface area contributed by atoms with E-state index >= 15 is 0 Å². The lowest BCUT2D eigenvalue weighted by molar-refractivity contribution is -0.00819. The minimum Gasteiger partial charge on any atom is -0.394 e. The molecule has 0 aromatic carbocycles. The van der Waals surface area contributed by atoms with Crippen molar-refractivity contribution < 1.29 is 43.4 Å². The van der Waals surface area contributed by atoms with Gasteiger partial charge in [0, 0.05) is 13.1 Å². The Hall–Kier alpha value is -0.400. The highest BCUT2D eigenvalue weighted by Gasteiger charge is 1.99. The summed E-state index contributed by atoms with van der Waals surface area (Å²) in [7, 11) is 2.03. The zero-order chi connectivity index (χ0) is 21.3. The number of rotatable bonds is 25. The molecule has 0 saturated heterocycles. The number of likely N-dealkylation sites (N-methyl/N-ethyl adjacent to an activating group) is 1. The third-order valence-corrected chi connectivity index (χ3v) is 3.57. The van der Waals surface area contributed by atoms with Crippen LogP contribution in [0, 0.1) is 0 Å². The molecule has 0 fully saturated rings. The van der Waals surface area contributed by atoms with Crippen LogP contribution in [0.5, 0.6) is 0 Å². The molecule has 0 aliphatic carbocycles. The predicted octanol–water partition coefficient (Wildman–Crippen LogP) is -0.981. The van der Waals surface area contributed by atoms with Gasteiger partial charge in [-0.05, 0) is 7.05 Å². The molecule has 176 valence electrons. The predicted molar refractivity (Wildman–Crippen MR) is 107 cm³/mol. The third kappa shape index (κ3) is 25.6. The summed E-state index contributed by atoms with van der Waals surface area (Å²) < 4.78 is 37.3. The summed E-state index contributed by atoms with van der Waals surface area (Å²) in [6.45, 7) is 8.96. The highest BCUT2D eigenvalue weighted by molar-refractivity contribution is 4.49. The molecule has 0 unspecified atom stereocenters. The third-order valence-electron chi connectivity index (χ3n) is 3.57. The second kappa shape index (κ2) is 25.6. The Labute approximate surface area is 174 Å². The number of nitrogens with zero attached hydrogens (tertiary/aromatic N) is 1. The Bertz CT molecular complexity index is 301. The molecule has 0 aliphatic heterocycles. The van der Waals surface area contributed by atoms with Crippen LogP contribution in [0.1, 0.15) is 0 Å². The first kappa shape index (κ1) is 28.6. The molecule has 29 heavy (non-hydrogen) atoms. The van der Waals surface area contributed by atoms with Gasteiger partial charge in [-0.3, -0.25) is 0 Å². The Kier molecular flexibility index (Phi) is 25.3. The van der Waals surface area contributed by atoms with Crippen LogP contribution in [0.2, 0.25) is 0 Å². The van der Waals surface area contributed by atoms with Gasteiger partial charge in [-0.2, -0.15) is 0 Å². The van der Waals surface area contributed by atoms with Crippen molar-refractivity contribution in [3.8, 4) is 0 Å². The van der Waals surface area contributed by atoms with Crippen molar-refractivity contribution in [3.63, 3.8) is 0 Å². The average molecular weight is 428 g/mol. The maximum absolute atomic E-state index is 8.55. The molecule has 10 nitrogen and oxygen atoms in total. The molecule has 0 aliphatic rings. The highest BCUT2D eigenvalue weighted by Crippen LogP contribution is 1.87. The Morgan fingerprint density at radius 2 is 0.655 bits per heavy atom. The number of ether oxygens (including phenoxy) is 7. The normalized spacial score (nSPS) is 11.6. The van der Waals surface area contributed by atoms with E-state index < -0.39 is 0 Å². The fraction of sp³-hybridized carbons (Fsp3) is 1.00. The minimum absolute atomic E-state index is 0.0341. The zero-order valence-electron chi connectivity index (χ0n) is 17.9. The molecule has 0 atom stereocenters. The molecule has 10 heteroatoms. The SMILES string of the molecule is CN(CCOCCOCCOCCO)CCOCCOCCOCCOCCO. The number of hydrogen-bond acceptors (Lipinski definition) is 10. The van der Waals surface area contributed by atoms with Crippen LogP contribution in [0.4, 0.5) is 0 Å². The monoisotopic (exact) mass is 427 g/mol. The van der Waals surface area contributed by atoms with E-state index in [1.54, 1.807) is 0 Å². The molecular formula is C19H41NO9. The highest BCUT2D eigenvalue weighted by atomic mass is 16.6. The molecule has 0 heterocycles. The van der Waals surface area contributed by atoms with Crippen molar-refractivity contribution in [3.05, 3.63) is 0 Å². The van der Waals surface area contributed by atoms with Crippen LogP contribution in [0.25, 0.3) is 0 Å². The summed E-state index contributed by atoms with van der Waals surface area (Å²) in [4.78, 5) is 2.15. The van der Waals surface area contributed by atoms with Gasteiger partial charge in [0.15, 0.2) is 0 Å². The van der Waals surface area contributed by atoms with Crippen molar-refractivity contribution in [2.45, 2.75) is 0 Å². The quantitative estimate of drug-likeness (QED) is 0.177. The topological polar surface area (TPSA) is 108 Å². The largest absolute Gasteiger partial charge is 0.394 e. The summed E-state index contributed by atoms with van der Waals surface area (Å²) in [6.07, 6.45) is 0. The fourth-order valence-electron chi connectivity index (χ4n) is 1.99. The van der Waals surface area contributed by atoms with Gasteiger partial charge in [0.05, 0.1) is 106 Å². The molecule has 0 bridgehead atoms. The molecular weight excluding hydrogens is 386 g/mol. The molecule has 0 saturated carbocycles. The lowest BCUT2D eigenvalue weighted by atomic mass is 10.5. The van der Waals surface area contributed by atoms with Gasteiger partial charge in [-0.1, -0.05) is 0 Å². The summed E-state index contributed by atoms with van der Waals surface area (Å²) in [5, 5.41) is 17.1. The van der Waals surface area contributed by atoms with Crippen LogP contribution >= 0.6 is 0 Å². The number of hydrogen-bond donors (Lipinski definition) is 2. The summed E-state index contributed by atoms with van der Waals surface area (Å²) in [5.41, 5.74) is 0. The Morgan fingerprint density at radius 3 is 0.931 bits per heavy atom. The number of aliphatic hydroxyl groups excluding tert-OH is 2. The van der Waals surface area contributed by atoms with E-state index in [1.807, 2.05) is 7.05 Å². The van der Waals surface area contributed by atoms with Crippen LogP contribution in [-0.4, -0.2) is 141 Å². The second-order valence-electron chi connectivity index (χ2n) is 6.04. The maximum Gasteiger partial charge on any atom is 0.0701 e. The summed E-state index contributed by atoms with van der Waals surface area (Å²) >= 11 is 0. The van der Waals surface area contributed by atoms with Gasteiger partial charge in [0.1, 0.15) is 0 Å². The van der Waals surface area contributed by atoms with Crippen LogP contribution in [0.3, 0.4) is 0 Å². The molecule has 0 aromatic heterocycles. The summed E-state index contributed by atoms with van der Waals surface area (Å²) in [6, 6.07) is 0. The standard InChI is InChI=1S/C19H41NO9/c1-20(2-6-23-10-14-27-16-12-25-8-4-21)3-7-24-11-15-28-18-19-29-17-13-26-9-5-22/h21-22H,2-19H2,1H3. The minimum atomic E-state index is 0.0341. The van der Waals surface area contributed by atoms with Crippen molar-refractivity contribution in [1.82, 2.24) is 4.90 Å². The van der Waals surface area contributed by atoms with E-state index in [2.05, 4.69) is 4.90 Å². The Balaban J connectivity index is 3.12. The van der Waals surface area contributed by atoms with Gasteiger partial charge >= 0.3 is 0 Å². The summed E-state index contributed by atoms with van der Waals surface area (Å²) in [5.74, 6) is 0. The van der Waals surface area contributed by atoms with E-state index in [1.165, 1.54) is 0 Å². The maximum atomic E-state index is 8.55. The lowest BCUT2D eigenvalue weighted by Crippen LogP contribution is -2.28. The molecule has 0 amide bonds. The van der Waals surface area contributed by atoms with Crippen LogP contribution < -0.4 is 0 Å². The van der Waals surface area contributed by atoms with E-state index in [9.17, 15) is 0 Å². The van der Waals surface area contributed by atoms with E-state index in [4.69, 9.17) is 43.4 Å². The molecule has 0 spiro atoms. The van der Waals surface area contributed by atoms with Gasteiger partial charge in [0.2, 0.25) is 0 Å². The number of aliphatic hydroxyl groups is 2. The fourth-order valence-corrected chi connectivity index (χ4v) is 1.99. The van der Waals surface area contributed by atoms with Gasteiger partial charge < -0.3 is 48.3 Å².